The van der Waals surface area contributed by atoms with Crippen LogP contribution in [0.5, 0.6) is 0 Å². The number of carbonyl (C=O) groups is 2. The van der Waals surface area contributed by atoms with Crippen molar-refractivity contribution in [3.05, 3.63) is 12.2 Å². The van der Waals surface area contributed by atoms with E-state index in [4.69, 9.17) is 4.74 Å². The van der Waals surface area contributed by atoms with E-state index in [0.29, 0.717) is 37.6 Å². The highest BCUT2D eigenvalue weighted by molar-refractivity contribution is 5.83. The highest BCUT2D eigenvalue weighted by Crippen LogP contribution is 2.34. The summed E-state index contributed by atoms with van der Waals surface area (Å²) in [5.74, 6) is 1.05. The van der Waals surface area contributed by atoms with E-state index < -0.39 is 0 Å². The molecule has 0 spiro atoms. The summed E-state index contributed by atoms with van der Waals surface area (Å²) in [5.41, 5.74) is 0. The zero-order valence-corrected chi connectivity index (χ0v) is 20.1. The van der Waals surface area contributed by atoms with E-state index in [0.717, 1.165) is 64.2 Å². The van der Waals surface area contributed by atoms with Crippen LogP contribution in [0.1, 0.15) is 97.8 Å². The molecule has 1 saturated heterocycles. The zero-order valence-electron chi connectivity index (χ0n) is 20.1. The minimum Gasteiger partial charge on any atom is -0.389 e. The van der Waals surface area contributed by atoms with Crippen molar-refractivity contribution in [2.75, 3.05) is 13.1 Å². The summed E-state index contributed by atoms with van der Waals surface area (Å²) in [5, 5.41) is 10.1. The first-order chi connectivity index (χ1) is 14.9. The van der Waals surface area contributed by atoms with Crippen molar-refractivity contribution in [3.63, 3.8) is 0 Å². The number of aliphatic hydroxyl groups is 1. The summed E-state index contributed by atoms with van der Waals surface area (Å²) in [6.07, 6.45) is 15.3. The molecule has 0 aromatic heterocycles. The number of rotatable bonds is 13. The van der Waals surface area contributed by atoms with Gasteiger partial charge >= 0.3 is 0 Å². The van der Waals surface area contributed by atoms with Crippen LogP contribution in [-0.4, -0.2) is 53.1 Å². The predicted octanol–water partition coefficient (Wildman–Crippen LogP) is 5.06. The number of ether oxygens (including phenoxy) is 1. The summed E-state index contributed by atoms with van der Waals surface area (Å²) in [6, 6.07) is 0. The number of ketones is 1. The molecule has 31 heavy (non-hydrogen) atoms. The van der Waals surface area contributed by atoms with Crippen LogP contribution in [0.4, 0.5) is 0 Å². The molecular weight excluding hydrogens is 390 g/mol. The molecule has 5 atom stereocenters. The Hall–Kier alpha value is -1.20. The third kappa shape index (κ3) is 9.44. The maximum Gasteiger partial charge on any atom is 0.222 e. The van der Waals surface area contributed by atoms with Gasteiger partial charge in [0.25, 0.3) is 0 Å². The first-order valence-electron chi connectivity index (χ1n) is 12.7. The van der Waals surface area contributed by atoms with E-state index >= 15 is 0 Å². The summed E-state index contributed by atoms with van der Waals surface area (Å²) in [4.78, 5) is 26.7. The average Bonchev–Trinajstić information content (AvgIpc) is 3.07. The molecule has 0 bridgehead atoms. The van der Waals surface area contributed by atoms with Crippen LogP contribution in [0.15, 0.2) is 12.2 Å². The van der Waals surface area contributed by atoms with Crippen molar-refractivity contribution < 1.29 is 19.4 Å². The average molecular weight is 436 g/mol. The fourth-order valence-electron chi connectivity index (χ4n) is 5.04. The molecule has 5 nitrogen and oxygen atoms in total. The summed E-state index contributed by atoms with van der Waals surface area (Å²) in [6.45, 7) is 7.62. The zero-order chi connectivity index (χ0) is 22.6. The van der Waals surface area contributed by atoms with Crippen LogP contribution in [0, 0.1) is 11.8 Å². The number of morpholine rings is 1. The quantitative estimate of drug-likeness (QED) is 0.324. The standard InChI is InChI=1S/C26H45NO4/c1-4-5-8-11-23(28)16-14-22-15-17-25(29)24(22)12-9-6-7-10-13-26(30)27-18-20(2)31-21(3)19-27/h14,16,20-24,28H,4-13,15,17-19H2,1-3H3/b16-14+/t20-,21-,22-,23+,24+/m0/s1. The Morgan fingerprint density at radius 1 is 1.13 bits per heavy atom. The molecule has 5 heteroatoms. The summed E-state index contributed by atoms with van der Waals surface area (Å²) < 4.78 is 5.70. The van der Waals surface area contributed by atoms with E-state index in [1.54, 1.807) is 0 Å². The van der Waals surface area contributed by atoms with Crippen LogP contribution in [-0.2, 0) is 14.3 Å². The summed E-state index contributed by atoms with van der Waals surface area (Å²) >= 11 is 0. The van der Waals surface area contributed by atoms with Gasteiger partial charge in [-0.2, -0.15) is 0 Å². The number of nitrogens with zero attached hydrogens (tertiary/aromatic N) is 1. The molecule has 1 amide bonds. The Balaban J connectivity index is 1.61. The van der Waals surface area contributed by atoms with Crippen LogP contribution < -0.4 is 0 Å². The van der Waals surface area contributed by atoms with Gasteiger partial charge in [0, 0.05) is 31.8 Å². The van der Waals surface area contributed by atoms with Gasteiger partial charge in [0.2, 0.25) is 5.91 Å². The van der Waals surface area contributed by atoms with Gasteiger partial charge in [-0.3, -0.25) is 9.59 Å². The van der Waals surface area contributed by atoms with Crippen molar-refractivity contribution in [2.24, 2.45) is 11.8 Å². The number of hydrogen-bond acceptors (Lipinski definition) is 4. The second-order valence-electron chi connectivity index (χ2n) is 9.73. The SMILES string of the molecule is CCCCC[C@@H](O)/C=C/[C@H]1CCC(=O)[C@@H]1CCCCCCC(=O)N1C[C@H](C)O[C@@H](C)C1. The van der Waals surface area contributed by atoms with E-state index in [9.17, 15) is 14.7 Å². The van der Waals surface area contributed by atoms with E-state index in [2.05, 4.69) is 13.0 Å². The van der Waals surface area contributed by atoms with E-state index in [1.165, 1.54) is 0 Å². The molecule has 0 aromatic carbocycles. The fourth-order valence-corrected chi connectivity index (χ4v) is 5.04. The predicted molar refractivity (Wildman–Crippen MR) is 125 cm³/mol. The monoisotopic (exact) mass is 435 g/mol. The van der Waals surface area contributed by atoms with Crippen molar-refractivity contribution in [2.45, 2.75) is 116 Å². The van der Waals surface area contributed by atoms with Gasteiger partial charge in [-0.15, -0.1) is 0 Å². The minimum atomic E-state index is -0.377. The molecule has 1 saturated carbocycles. The minimum absolute atomic E-state index is 0.121. The maximum atomic E-state index is 12.4. The van der Waals surface area contributed by atoms with Gasteiger partial charge in [0.1, 0.15) is 5.78 Å². The number of amides is 1. The fraction of sp³-hybridized carbons (Fsp3) is 0.846. The van der Waals surface area contributed by atoms with Crippen LogP contribution in [0.3, 0.4) is 0 Å². The van der Waals surface area contributed by atoms with Gasteiger partial charge in [-0.05, 0) is 45.4 Å². The first-order valence-corrected chi connectivity index (χ1v) is 12.7. The van der Waals surface area contributed by atoms with Crippen molar-refractivity contribution in [1.82, 2.24) is 4.90 Å². The Morgan fingerprint density at radius 3 is 2.55 bits per heavy atom. The third-order valence-electron chi connectivity index (χ3n) is 6.77. The molecule has 0 unspecified atom stereocenters. The normalized spacial score (nSPS) is 27.9. The topological polar surface area (TPSA) is 66.8 Å². The third-order valence-corrected chi connectivity index (χ3v) is 6.77. The first kappa shape index (κ1) is 26.1. The number of hydrogen-bond donors (Lipinski definition) is 1. The van der Waals surface area contributed by atoms with Gasteiger partial charge in [0.05, 0.1) is 18.3 Å². The highest BCUT2D eigenvalue weighted by atomic mass is 16.5. The molecule has 1 heterocycles. The smallest absolute Gasteiger partial charge is 0.222 e. The van der Waals surface area contributed by atoms with Crippen LogP contribution in [0.2, 0.25) is 0 Å². The molecule has 0 aromatic rings. The van der Waals surface area contributed by atoms with Crippen molar-refractivity contribution in [1.29, 1.82) is 0 Å². The lowest BCUT2D eigenvalue weighted by Gasteiger charge is -2.35. The molecule has 1 aliphatic heterocycles. The van der Waals surface area contributed by atoms with E-state index in [1.807, 2.05) is 24.8 Å². The van der Waals surface area contributed by atoms with Crippen LogP contribution >= 0.6 is 0 Å². The van der Waals surface area contributed by atoms with Gasteiger partial charge in [-0.1, -0.05) is 57.6 Å². The Kier molecular flexibility index (Phi) is 11.8. The Labute approximate surface area is 189 Å². The Morgan fingerprint density at radius 2 is 1.84 bits per heavy atom. The van der Waals surface area contributed by atoms with Crippen molar-refractivity contribution >= 4 is 11.7 Å². The molecule has 178 valence electrons. The number of unbranched alkanes of at least 4 members (excludes halogenated alkanes) is 5. The van der Waals surface area contributed by atoms with Crippen LogP contribution in [0.25, 0.3) is 0 Å². The van der Waals surface area contributed by atoms with Gasteiger partial charge < -0.3 is 14.7 Å². The van der Waals surface area contributed by atoms with Gasteiger partial charge in [-0.25, -0.2) is 0 Å². The molecule has 2 rings (SSSR count). The molecule has 0 radical (unpaired) electrons. The second-order valence-corrected chi connectivity index (χ2v) is 9.73. The summed E-state index contributed by atoms with van der Waals surface area (Å²) in [7, 11) is 0. The second kappa shape index (κ2) is 14.1. The molecule has 2 fully saturated rings. The number of carbonyl (C=O) groups excluding carboxylic acids is 2. The molecule has 1 N–H and O–H groups in total. The van der Waals surface area contributed by atoms with Gasteiger partial charge in [0.15, 0.2) is 0 Å². The number of Topliss-reactive ketones (excluding diaryl/α,β-unsaturated/α-hetero) is 1. The largest absolute Gasteiger partial charge is 0.389 e. The van der Waals surface area contributed by atoms with E-state index in [-0.39, 0.29) is 30.1 Å². The number of aliphatic hydroxyl groups excluding tert-OH is 1. The lowest BCUT2D eigenvalue weighted by atomic mass is 9.89. The molecule has 2 aliphatic rings. The lowest BCUT2D eigenvalue weighted by Crippen LogP contribution is -2.48. The lowest BCUT2D eigenvalue weighted by molar-refractivity contribution is -0.143. The molecule has 1 aliphatic carbocycles. The van der Waals surface area contributed by atoms with Crippen molar-refractivity contribution in [3.8, 4) is 0 Å². The molecular formula is C26H45NO4. The number of allylic oxidation sites excluding steroid dienone is 1. The maximum absolute atomic E-state index is 12.4. The Bertz CT molecular complexity index is 566. The highest BCUT2D eigenvalue weighted by Gasteiger charge is 2.32.